The number of nitrogens with two attached hydrogens (primary N) is 1. The number of hydrogen-bond acceptors (Lipinski definition) is 2. The van der Waals surface area contributed by atoms with Crippen LogP contribution < -0.4 is 5.73 Å². The van der Waals surface area contributed by atoms with Crippen molar-refractivity contribution in [2.24, 2.45) is 17.1 Å². The summed E-state index contributed by atoms with van der Waals surface area (Å²) in [6.07, 6.45) is 1.17. The second kappa shape index (κ2) is 5.86. The van der Waals surface area contributed by atoms with Crippen LogP contribution >= 0.6 is 0 Å². The Bertz CT molecular complexity index is 172. The van der Waals surface area contributed by atoms with Crippen molar-refractivity contribution in [1.82, 2.24) is 4.90 Å². The number of hydrogen-bond donors (Lipinski definition) is 1. The summed E-state index contributed by atoms with van der Waals surface area (Å²) in [7, 11) is 2.18. The van der Waals surface area contributed by atoms with Gasteiger partial charge in [-0.1, -0.05) is 41.0 Å². The van der Waals surface area contributed by atoms with Crippen molar-refractivity contribution >= 4 is 0 Å². The largest absolute Gasteiger partial charge is 0.326 e. The van der Waals surface area contributed by atoms with Crippen molar-refractivity contribution < 1.29 is 0 Å². The monoisotopic (exact) mass is 214 g/mol. The number of nitrogens with zero attached hydrogens (tertiary/aromatic N) is 1. The van der Waals surface area contributed by atoms with Crippen molar-refractivity contribution in [3.8, 4) is 0 Å². The molecule has 0 aromatic carbocycles. The van der Waals surface area contributed by atoms with E-state index in [9.17, 15) is 0 Å². The lowest BCUT2D eigenvalue weighted by Crippen LogP contribution is -2.47. The van der Waals surface area contributed by atoms with Gasteiger partial charge in [0.25, 0.3) is 0 Å². The fourth-order valence-electron chi connectivity index (χ4n) is 1.63. The van der Waals surface area contributed by atoms with Gasteiger partial charge in [0.1, 0.15) is 0 Å². The van der Waals surface area contributed by atoms with E-state index in [2.05, 4.69) is 53.5 Å². The summed E-state index contributed by atoms with van der Waals surface area (Å²) in [6, 6.07) is 0.859. The van der Waals surface area contributed by atoms with Crippen molar-refractivity contribution in [1.29, 1.82) is 0 Å². The van der Waals surface area contributed by atoms with E-state index in [1.54, 1.807) is 0 Å². The van der Waals surface area contributed by atoms with Gasteiger partial charge in [0.15, 0.2) is 0 Å². The van der Waals surface area contributed by atoms with Gasteiger partial charge in [-0.3, -0.25) is 0 Å². The van der Waals surface area contributed by atoms with Crippen molar-refractivity contribution in [3.05, 3.63) is 0 Å². The van der Waals surface area contributed by atoms with Crippen LogP contribution in [0.25, 0.3) is 0 Å². The van der Waals surface area contributed by atoms with E-state index in [0.717, 1.165) is 6.54 Å². The third-order valence-corrected chi connectivity index (χ3v) is 3.79. The van der Waals surface area contributed by atoms with Crippen LogP contribution in [0.1, 0.15) is 48.0 Å². The first-order valence-electron chi connectivity index (χ1n) is 6.16. The zero-order valence-electron chi connectivity index (χ0n) is 11.7. The molecule has 2 heteroatoms. The predicted octanol–water partition coefficient (Wildman–Crippen LogP) is 2.73. The zero-order chi connectivity index (χ0) is 12.2. The van der Waals surface area contributed by atoms with Gasteiger partial charge in [-0.2, -0.15) is 0 Å². The minimum absolute atomic E-state index is 0.296. The van der Waals surface area contributed by atoms with Crippen LogP contribution in [0.15, 0.2) is 0 Å². The first-order valence-corrected chi connectivity index (χ1v) is 6.16. The molecule has 3 unspecified atom stereocenters. The number of likely N-dealkylation sites (N-methyl/N-ethyl adjacent to an activating group) is 1. The summed E-state index contributed by atoms with van der Waals surface area (Å²) in [6.45, 7) is 14.6. The average Bonchev–Trinajstić information content (AvgIpc) is 2.13. The molecule has 0 aliphatic carbocycles. The third kappa shape index (κ3) is 4.98. The summed E-state index contributed by atoms with van der Waals surface area (Å²) in [5, 5.41) is 0. The van der Waals surface area contributed by atoms with Gasteiger partial charge in [-0.15, -0.1) is 0 Å². The lowest BCUT2D eigenvalue weighted by Gasteiger charge is -2.37. The molecule has 92 valence electrons. The lowest BCUT2D eigenvalue weighted by atomic mass is 9.86. The van der Waals surface area contributed by atoms with Gasteiger partial charge in [0.05, 0.1) is 0 Å². The fraction of sp³-hybridized carbons (Fsp3) is 1.00. The topological polar surface area (TPSA) is 29.3 Å². The van der Waals surface area contributed by atoms with E-state index in [4.69, 9.17) is 5.73 Å². The normalized spacial score (nSPS) is 19.0. The molecule has 0 amide bonds. The minimum atomic E-state index is 0.296. The maximum atomic E-state index is 6.17. The highest BCUT2D eigenvalue weighted by Crippen LogP contribution is 2.23. The van der Waals surface area contributed by atoms with Gasteiger partial charge in [-0.25, -0.2) is 0 Å². The molecule has 3 atom stereocenters. The summed E-state index contributed by atoms with van der Waals surface area (Å²) in [5.74, 6) is 0.611. The van der Waals surface area contributed by atoms with Crippen LogP contribution in [-0.2, 0) is 0 Å². The van der Waals surface area contributed by atoms with E-state index in [1.807, 2.05) is 0 Å². The Morgan fingerprint density at radius 2 is 1.67 bits per heavy atom. The molecule has 0 saturated heterocycles. The van der Waals surface area contributed by atoms with Crippen LogP contribution in [-0.4, -0.2) is 30.6 Å². The van der Waals surface area contributed by atoms with Crippen molar-refractivity contribution in [2.45, 2.75) is 60.0 Å². The van der Waals surface area contributed by atoms with Crippen LogP contribution in [0.4, 0.5) is 0 Å². The van der Waals surface area contributed by atoms with E-state index < -0.39 is 0 Å². The van der Waals surface area contributed by atoms with Crippen LogP contribution in [0.3, 0.4) is 0 Å². The third-order valence-electron chi connectivity index (χ3n) is 3.79. The standard InChI is InChI=1S/C13H30N2/c1-8-10(2)12(14)9-15(7)11(3)13(4,5)6/h10-12H,8-9,14H2,1-7H3. The molecule has 0 aromatic rings. The molecule has 0 aliphatic rings. The summed E-state index contributed by atoms with van der Waals surface area (Å²) >= 11 is 0. The Hall–Kier alpha value is -0.0800. The van der Waals surface area contributed by atoms with Crippen LogP contribution in [0.2, 0.25) is 0 Å². The minimum Gasteiger partial charge on any atom is -0.326 e. The zero-order valence-corrected chi connectivity index (χ0v) is 11.7. The quantitative estimate of drug-likeness (QED) is 0.762. The Morgan fingerprint density at radius 3 is 2.00 bits per heavy atom. The molecule has 0 saturated carbocycles. The van der Waals surface area contributed by atoms with E-state index in [-0.39, 0.29) is 0 Å². The Labute approximate surface area is 96.2 Å². The Balaban J connectivity index is 4.19. The maximum Gasteiger partial charge on any atom is 0.0193 e. The van der Waals surface area contributed by atoms with E-state index >= 15 is 0 Å². The second-order valence-corrected chi connectivity index (χ2v) is 6.03. The molecule has 2 N–H and O–H groups in total. The Morgan fingerprint density at radius 1 is 1.20 bits per heavy atom. The summed E-state index contributed by atoms with van der Waals surface area (Å²) < 4.78 is 0. The van der Waals surface area contributed by atoms with Gasteiger partial charge in [0.2, 0.25) is 0 Å². The highest BCUT2D eigenvalue weighted by Gasteiger charge is 2.25. The molecule has 0 radical (unpaired) electrons. The predicted molar refractivity (Wildman–Crippen MR) is 69.0 cm³/mol. The second-order valence-electron chi connectivity index (χ2n) is 6.03. The molecular weight excluding hydrogens is 184 g/mol. The van der Waals surface area contributed by atoms with Gasteiger partial charge >= 0.3 is 0 Å². The van der Waals surface area contributed by atoms with Crippen molar-refractivity contribution in [3.63, 3.8) is 0 Å². The first-order chi connectivity index (χ1) is 6.70. The molecule has 0 bridgehead atoms. The lowest BCUT2D eigenvalue weighted by molar-refractivity contribution is 0.126. The van der Waals surface area contributed by atoms with E-state index in [1.165, 1.54) is 6.42 Å². The summed E-state index contributed by atoms with van der Waals surface area (Å²) in [4.78, 5) is 2.39. The molecule has 0 spiro atoms. The molecule has 2 nitrogen and oxygen atoms in total. The molecule has 0 fully saturated rings. The molecule has 0 aromatic heterocycles. The highest BCUT2D eigenvalue weighted by atomic mass is 15.1. The molecule has 15 heavy (non-hydrogen) atoms. The highest BCUT2D eigenvalue weighted by molar-refractivity contribution is 4.81. The Kier molecular flexibility index (Phi) is 5.82. The molecule has 0 rings (SSSR count). The smallest absolute Gasteiger partial charge is 0.0193 e. The SMILES string of the molecule is CCC(C)C(N)CN(C)C(C)C(C)(C)C. The number of rotatable bonds is 5. The van der Waals surface area contributed by atoms with Crippen LogP contribution in [0, 0.1) is 11.3 Å². The first kappa shape index (κ1) is 14.9. The molecule has 0 aliphatic heterocycles. The molecular formula is C13H30N2. The van der Waals surface area contributed by atoms with Crippen molar-refractivity contribution in [2.75, 3.05) is 13.6 Å². The van der Waals surface area contributed by atoms with Crippen LogP contribution in [0.5, 0.6) is 0 Å². The fourth-order valence-corrected chi connectivity index (χ4v) is 1.63. The average molecular weight is 214 g/mol. The summed E-state index contributed by atoms with van der Waals surface area (Å²) in [5.41, 5.74) is 6.49. The van der Waals surface area contributed by atoms with Gasteiger partial charge in [-0.05, 0) is 25.3 Å². The van der Waals surface area contributed by atoms with E-state index in [0.29, 0.717) is 23.4 Å². The maximum absolute atomic E-state index is 6.17. The van der Waals surface area contributed by atoms with Gasteiger partial charge in [0, 0.05) is 18.6 Å². The molecule has 0 heterocycles. The van der Waals surface area contributed by atoms with Gasteiger partial charge < -0.3 is 10.6 Å².